The number of nitrogens with one attached hydrogen (secondary N) is 1. The second-order valence-corrected chi connectivity index (χ2v) is 10.5. The van der Waals surface area contributed by atoms with Gasteiger partial charge in [0.05, 0.1) is 22.3 Å². The van der Waals surface area contributed by atoms with E-state index < -0.39 is 42.5 Å². The van der Waals surface area contributed by atoms with Gasteiger partial charge in [0.2, 0.25) is 0 Å². The molecule has 1 aromatic carbocycles. The minimum absolute atomic E-state index is 0.0966. The number of ether oxygens (including phenoxy) is 1. The lowest BCUT2D eigenvalue weighted by molar-refractivity contribution is -0.211. The molecule has 214 valence electrons. The van der Waals surface area contributed by atoms with Gasteiger partial charge in [-0.15, -0.1) is 0 Å². The number of carbonyl (C=O) groups is 1. The van der Waals surface area contributed by atoms with Gasteiger partial charge in [0.25, 0.3) is 5.91 Å². The third kappa shape index (κ3) is 7.91. The molecule has 1 aliphatic rings. The summed E-state index contributed by atoms with van der Waals surface area (Å²) >= 11 is -0.750. The summed E-state index contributed by atoms with van der Waals surface area (Å²) in [5.74, 6) is 0.568. The average Bonchev–Trinajstić information content (AvgIpc) is 3.25. The van der Waals surface area contributed by atoms with Crippen LogP contribution in [-0.4, -0.2) is 43.6 Å². The highest BCUT2D eigenvalue weighted by atomic mass is 32.1. The number of nitrogens with zero attached hydrogens (tertiary/aromatic N) is 3. The second kappa shape index (κ2) is 13.7. The highest BCUT2D eigenvalue weighted by Crippen LogP contribution is 2.41. The van der Waals surface area contributed by atoms with Crippen LogP contribution < -0.4 is 10.1 Å². The van der Waals surface area contributed by atoms with E-state index in [2.05, 4.69) is 17.2 Å². The average molecular weight is 572 g/mol. The lowest BCUT2D eigenvalue weighted by atomic mass is 9.83. The third-order valence-electron chi connectivity index (χ3n) is 7.06. The lowest BCUT2D eigenvalue weighted by Gasteiger charge is -2.28. The first-order valence-corrected chi connectivity index (χ1v) is 13.2. The van der Waals surface area contributed by atoms with Crippen LogP contribution in [-0.2, 0) is 24.4 Å². The standard InChI is InChI=1S/C27H35F3N4O2.O2S/c1-6-23-33-24(25(35)32-16-18-9-7-17(2)8-10-18)21(15-31)34(23)20-12-11-19(13-22(20)36-5)14-26(3,4)27(28,29)30;1-3-2/h11-13,17-18H,6-10,14,16H2,1-5H3,(H,32,35);/i5D3;. The zero-order valence-electron chi connectivity index (χ0n) is 25.4. The maximum Gasteiger partial charge on any atom is 0.394 e. The van der Waals surface area contributed by atoms with Gasteiger partial charge in [0, 0.05) is 13.0 Å². The molecule has 0 aliphatic heterocycles. The summed E-state index contributed by atoms with van der Waals surface area (Å²) in [4.78, 5) is 17.5. The van der Waals surface area contributed by atoms with Crippen LogP contribution in [0.5, 0.6) is 5.75 Å². The zero-order chi connectivity index (χ0) is 31.9. The van der Waals surface area contributed by atoms with Crippen LogP contribution in [0.15, 0.2) is 18.2 Å². The Bertz CT molecular complexity index is 1330. The number of carbonyl (C=O) groups excluding carboxylic acids is 1. The molecule has 0 saturated heterocycles. The van der Waals surface area contributed by atoms with Crippen LogP contribution in [0.1, 0.15) is 85.1 Å². The number of amides is 1. The minimum atomic E-state index is -4.48. The summed E-state index contributed by atoms with van der Waals surface area (Å²) in [6, 6.07) is 6.06. The predicted molar refractivity (Wildman–Crippen MR) is 140 cm³/mol. The summed E-state index contributed by atoms with van der Waals surface area (Å²) in [5, 5.41) is 12.9. The van der Waals surface area contributed by atoms with Gasteiger partial charge in [-0.2, -0.15) is 26.9 Å². The highest BCUT2D eigenvalue weighted by Gasteiger charge is 2.47. The maximum absolute atomic E-state index is 13.5. The summed E-state index contributed by atoms with van der Waals surface area (Å²) < 4.78 is 86.4. The number of nitriles is 1. The van der Waals surface area contributed by atoms with Crippen molar-refractivity contribution >= 4 is 17.5 Å². The lowest BCUT2D eigenvalue weighted by Crippen LogP contribution is -2.34. The van der Waals surface area contributed by atoms with Crippen LogP contribution in [0, 0.1) is 28.6 Å². The molecule has 0 spiro atoms. The van der Waals surface area contributed by atoms with Crippen molar-refractivity contribution in [3.05, 3.63) is 41.0 Å². The molecule has 12 heteroatoms. The Morgan fingerprint density at radius 2 is 1.92 bits per heavy atom. The number of aromatic nitrogens is 2. The van der Waals surface area contributed by atoms with Crippen molar-refractivity contribution in [2.24, 2.45) is 17.3 Å². The van der Waals surface area contributed by atoms with Gasteiger partial charge in [-0.25, -0.2) is 4.98 Å². The Hall–Kier alpha value is -3.20. The molecule has 0 radical (unpaired) electrons. The Balaban J connectivity index is 0.00000197. The van der Waals surface area contributed by atoms with Gasteiger partial charge in [0.1, 0.15) is 17.6 Å². The summed E-state index contributed by atoms with van der Waals surface area (Å²) in [7, 11) is -2.91. The molecule has 8 nitrogen and oxygen atoms in total. The number of benzene rings is 1. The van der Waals surface area contributed by atoms with Crippen molar-refractivity contribution in [2.75, 3.05) is 13.6 Å². The fourth-order valence-electron chi connectivity index (χ4n) is 4.62. The van der Waals surface area contributed by atoms with E-state index in [4.69, 9.17) is 17.3 Å². The minimum Gasteiger partial charge on any atom is -0.495 e. The van der Waals surface area contributed by atoms with Crippen molar-refractivity contribution in [1.82, 2.24) is 14.9 Å². The van der Waals surface area contributed by atoms with E-state index in [0.717, 1.165) is 39.5 Å². The molecule has 1 aliphatic carbocycles. The number of halogens is 3. The van der Waals surface area contributed by atoms with Crippen LogP contribution in [0.3, 0.4) is 0 Å². The van der Waals surface area contributed by atoms with Crippen LogP contribution >= 0.6 is 0 Å². The Morgan fingerprint density at radius 3 is 2.46 bits per heavy atom. The van der Waals surface area contributed by atoms with E-state index in [1.165, 1.54) is 22.8 Å². The van der Waals surface area contributed by atoms with Gasteiger partial charge in [0.15, 0.2) is 11.4 Å². The molecule has 1 N–H and O–H groups in total. The molecule has 1 fully saturated rings. The molecular weight excluding hydrogens is 533 g/mol. The van der Waals surface area contributed by atoms with Gasteiger partial charge in [-0.3, -0.25) is 9.36 Å². The Morgan fingerprint density at radius 1 is 1.28 bits per heavy atom. The van der Waals surface area contributed by atoms with Crippen molar-refractivity contribution in [3.63, 3.8) is 0 Å². The van der Waals surface area contributed by atoms with Gasteiger partial charge in [-0.05, 0) is 48.8 Å². The molecule has 3 rings (SSSR count). The number of rotatable bonds is 8. The van der Waals surface area contributed by atoms with Crippen molar-refractivity contribution < 1.29 is 35.2 Å². The first-order valence-electron chi connectivity index (χ1n) is 14.1. The second-order valence-electron chi connectivity index (χ2n) is 10.4. The molecule has 1 saturated carbocycles. The fraction of sp³-hybridized carbons (Fsp3) is 0.593. The largest absolute Gasteiger partial charge is 0.495 e. The number of alkyl halides is 3. The molecule has 1 amide bonds. The summed E-state index contributed by atoms with van der Waals surface area (Å²) in [5.41, 5.74) is -1.98. The smallest absolute Gasteiger partial charge is 0.394 e. The first-order chi connectivity index (χ1) is 19.5. The first kappa shape index (κ1) is 27.4. The van der Waals surface area contributed by atoms with Gasteiger partial charge in [-0.1, -0.05) is 46.6 Å². The molecule has 2 aromatic rings. The van der Waals surface area contributed by atoms with Crippen molar-refractivity contribution in [1.29, 1.82) is 5.26 Å². The van der Waals surface area contributed by atoms with E-state index in [0.29, 0.717) is 30.6 Å². The molecule has 1 aromatic heterocycles. The van der Waals surface area contributed by atoms with Gasteiger partial charge < -0.3 is 10.1 Å². The molecule has 0 bridgehead atoms. The normalized spacial score (nSPS) is 18.9. The number of aryl methyl sites for hydroxylation is 1. The number of imidazole rings is 1. The van der Waals surface area contributed by atoms with Crippen molar-refractivity contribution in [3.8, 4) is 17.5 Å². The van der Waals surface area contributed by atoms with E-state index in [-0.39, 0.29) is 28.4 Å². The molecular formula is C27H35F3N4O4S. The zero-order valence-corrected chi connectivity index (χ0v) is 23.2. The van der Waals surface area contributed by atoms with Crippen LogP contribution in [0.4, 0.5) is 13.2 Å². The summed E-state index contributed by atoms with van der Waals surface area (Å²) in [6.07, 6.45) is -0.399. The van der Waals surface area contributed by atoms with Crippen molar-refractivity contribution in [2.45, 2.75) is 72.4 Å². The van der Waals surface area contributed by atoms with Crippen LogP contribution in [0.2, 0.25) is 0 Å². The Labute approximate surface area is 234 Å². The third-order valence-corrected chi connectivity index (χ3v) is 7.06. The molecule has 39 heavy (non-hydrogen) atoms. The topological polar surface area (TPSA) is 114 Å². The number of hydrogen-bond donors (Lipinski definition) is 1. The van der Waals surface area contributed by atoms with E-state index in [1.807, 2.05) is 6.07 Å². The van der Waals surface area contributed by atoms with E-state index in [9.17, 15) is 23.2 Å². The van der Waals surface area contributed by atoms with Crippen LogP contribution in [0.25, 0.3) is 5.69 Å². The molecule has 0 atom stereocenters. The predicted octanol–water partition coefficient (Wildman–Crippen LogP) is 5.33. The maximum atomic E-state index is 13.5. The molecule has 0 unspecified atom stereocenters. The fourth-order valence-corrected chi connectivity index (χ4v) is 4.62. The number of methoxy groups -OCH3 is 1. The van der Waals surface area contributed by atoms with Gasteiger partial charge >= 0.3 is 17.7 Å². The monoisotopic (exact) mass is 571 g/mol. The quantitative estimate of drug-likeness (QED) is 0.458. The van der Waals surface area contributed by atoms with E-state index >= 15 is 0 Å². The number of hydrogen-bond acceptors (Lipinski definition) is 6. The highest BCUT2D eigenvalue weighted by molar-refractivity contribution is 7.51. The molecule has 1 heterocycles. The van der Waals surface area contributed by atoms with E-state index in [1.54, 1.807) is 6.92 Å². The summed E-state index contributed by atoms with van der Waals surface area (Å²) in [6.45, 7) is 6.55. The Kier molecular flexibility index (Phi) is 9.64. The SMILES string of the molecule is O=S=O.[2H]C([2H])([2H])Oc1cc(CC(C)(C)C(F)(F)F)ccc1-n1c(CC)nc(C(=O)NCC2CCC(C)CC2)c1C#N.